The van der Waals surface area contributed by atoms with Gasteiger partial charge in [-0.25, -0.2) is 0 Å². The molecule has 3 N–H and O–H groups in total. The predicted octanol–water partition coefficient (Wildman–Crippen LogP) is -0.816. The van der Waals surface area contributed by atoms with Crippen molar-refractivity contribution in [1.29, 1.82) is 0 Å². The Morgan fingerprint density at radius 3 is 2.80 bits per heavy atom. The summed E-state index contributed by atoms with van der Waals surface area (Å²) in [5.74, 6) is -0.813. The molecule has 4 heteroatoms. The minimum atomic E-state index is -0.813. The zero-order valence-corrected chi connectivity index (χ0v) is 5.58. The number of carboxylic acid groups (broad SMARTS) is 1. The Balaban J connectivity index is 2.24. The van der Waals surface area contributed by atoms with Crippen molar-refractivity contribution in [2.75, 3.05) is 6.54 Å². The van der Waals surface area contributed by atoms with Gasteiger partial charge in [-0.3, -0.25) is 4.79 Å². The zero-order chi connectivity index (χ0) is 7.56. The van der Waals surface area contributed by atoms with Gasteiger partial charge in [0, 0.05) is 12.6 Å². The lowest BCUT2D eigenvalue weighted by Crippen LogP contribution is -2.24. The number of hydrogen-bond acceptors (Lipinski definition) is 3. The first-order valence-corrected chi connectivity index (χ1v) is 3.31. The molecule has 1 heterocycles. The summed E-state index contributed by atoms with van der Waals surface area (Å²) in [6.07, 6.45) is 0.313. The average Bonchev–Trinajstić information content (AvgIpc) is 2.13. The molecule has 1 fully saturated rings. The molecule has 2 atom stereocenters. The van der Waals surface area contributed by atoms with E-state index in [1.807, 2.05) is 0 Å². The predicted molar refractivity (Wildman–Crippen MR) is 34.7 cm³/mol. The lowest BCUT2D eigenvalue weighted by atomic mass is 10.1. The lowest BCUT2D eigenvalue weighted by molar-refractivity contribution is -0.137. The van der Waals surface area contributed by atoms with Gasteiger partial charge >= 0.3 is 5.97 Å². The molecular formula is C6H11NO3. The summed E-state index contributed by atoms with van der Waals surface area (Å²) >= 11 is 0. The van der Waals surface area contributed by atoms with E-state index >= 15 is 0 Å². The number of hydrogen-bond donors (Lipinski definition) is 3. The maximum atomic E-state index is 10.1. The molecule has 0 aromatic carbocycles. The molecule has 4 nitrogen and oxygen atoms in total. The van der Waals surface area contributed by atoms with Crippen molar-refractivity contribution in [3.8, 4) is 0 Å². The Morgan fingerprint density at radius 1 is 1.70 bits per heavy atom. The van der Waals surface area contributed by atoms with Crippen LogP contribution in [0.25, 0.3) is 0 Å². The van der Waals surface area contributed by atoms with Gasteiger partial charge < -0.3 is 15.5 Å². The van der Waals surface area contributed by atoms with Crippen molar-refractivity contribution >= 4 is 5.97 Å². The summed E-state index contributed by atoms with van der Waals surface area (Å²) in [4.78, 5) is 10.1. The first-order chi connectivity index (χ1) is 4.68. The standard InChI is InChI=1S/C6H11NO3/c8-5-1-4(7-3-5)2-6(9)10/h4-5,7-8H,1-3H2,(H,9,10)/t4?,5-/m1/s1. The average molecular weight is 145 g/mol. The van der Waals surface area contributed by atoms with Crippen LogP contribution >= 0.6 is 0 Å². The van der Waals surface area contributed by atoms with Crippen LogP contribution in [-0.4, -0.2) is 34.9 Å². The Kier molecular flexibility index (Phi) is 2.24. The summed E-state index contributed by atoms with van der Waals surface area (Å²) in [5, 5.41) is 20.2. The highest BCUT2D eigenvalue weighted by Crippen LogP contribution is 2.08. The highest BCUT2D eigenvalue weighted by atomic mass is 16.4. The van der Waals surface area contributed by atoms with Gasteiger partial charge in [0.25, 0.3) is 0 Å². The van der Waals surface area contributed by atoms with Crippen molar-refractivity contribution in [2.24, 2.45) is 0 Å². The number of aliphatic carboxylic acids is 1. The lowest BCUT2D eigenvalue weighted by Gasteiger charge is -2.03. The first kappa shape index (κ1) is 7.50. The zero-order valence-electron chi connectivity index (χ0n) is 5.58. The van der Waals surface area contributed by atoms with Gasteiger partial charge in [0.2, 0.25) is 0 Å². The summed E-state index contributed by atoms with van der Waals surface area (Å²) in [5.41, 5.74) is 0. The number of carbonyl (C=O) groups is 1. The highest BCUT2D eigenvalue weighted by Gasteiger charge is 2.23. The van der Waals surface area contributed by atoms with Gasteiger partial charge in [-0.2, -0.15) is 0 Å². The molecule has 0 saturated carbocycles. The van der Waals surface area contributed by atoms with Crippen molar-refractivity contribution in [3.63, 3.8) is 0 Å². The van der Waals surface area contributed by atoms with E-state index in [0.717, 1.165) is 0 Å². The molecule has 1 aliphatic rings. The third-order valence-electron chi connectivity index (χ3n) is 1.62. The topological polar surface area (TPSA) is 69.6 Å². The molecule has 0 amide bonds. The van der Waals surface area contributed by atoms with E-state index in [1.165, 1.54) is 0 Å². The maximum Gasteiger partial charge on any atom is 0.304 e. The molecule has 0 bridgehead atoms. The molecule has 1 rings (SSSR count). The Morgan fingerprint density at radius 2 is 2.40 bits per heavy atom. The minimum absolute atomic E-state index is 0.0347. The number of aliphatic hydroxyl groups is 1. The van der Waals surface area contributed by atoms with Crippen LogP contribution in [0.5, 0.6) is 0 Å². The van der Waals surface area contributed by atoms with Crippen LogP contribution in [0.2, 0.25) is 0 Å². The monoisotopic (exact) mass is 145 g/mol. The molecule has 0 aliphatic carbocycles. The second kappa shape index (κ2) is 2.98. The van der Waals surface area contributed by atoms with Crippen LogP contribution < -0.4 is 5.32 Å². The van der Waals surface area contributed by atoms with Gasteiger partial charge in [0.1, 0.15) is 0 Å². The molecular weight excluding hydrogens is 134 g/mol. The molecule has 0 aromatic rings. The Bertz CT molecular complexity index is 137. The number of rotatable bonds is 2. The van der Waals surface area contributed by atoms with E-state index in [1.54, 1.807) is 0 Å². The molecule has 0 spiro atoms. The SMILES string of the molecule is O=C(O)CC1C[C@@H](O)CN1. The van der Waals surface area contributed by atoms with E-state index in [2.05, 4.69) is 5.32 Å². The van der Waals surface area contributed by atoms with Crippen LogP contribution in [0.1, 0.15) is 12.8 Å². The molecule has 58 valence electrons. The fraction of sp³-hybridized carbons (Fsp3) is 0.833. The van der Waals surface area contributed by atoms with Crippen LogP contribution in [0.4, 0.5) is 0 Å². The number of β-amino-alcohol motifs (C(OH)–C–C–N with tert-alkyl or cyclic N) is 1. The van der Waals surface area contributed by atoms with Crippen LogP contribution in [0.3, 0.4) is 0 Å². The summed E-state index contributed by atoms with van der Waals surface area (Å²) < 4.78 is 0. The minimum Gasteiger partial charge on any atom is -0.481 e. The van der Waals surface area contributed by atoms with E-state index in [-0.39, 0.29) is 18.6 Å². The Labute approximate surface area is 58.9 Å². The second-order valence-electron chi connectivity index (χ2n) is 2.59. The summed E-state index contributed by atoms with van der Waals surface area (Å²) in [7, 11) is 0. The fourth-order valence-electron chi connectivity index (χ4n) is 1.16. The van der Waals surface area contributed by atoms with E-state index in [9.17, 15) is 4.79 Å². The summed E-state index contributed by atoms with van der Waals surface area (Å²) in [6.45, 7) is 0.526. The van der Waals surface area contributed by atoms with Gasteiger partial charge in [-0.05, 0) is 6.42 Å². The molecule has 1 unspecified atom stereocenters. The van der Waals surface area contributed by atoms with Crippen molar-refractivity contribution in [3.05, 3.63) is 0 Å². The number of carboxylic acids is 1. The largest absolute Gasteiger partial charge is 0.481 e. The third-order valence-corrected chi connectivity index (χ3v) is 1.62. The van der Waals surface area contributed by atoms with E-state index < -0.39 is 5.97 Å². The van der Waals surface area contributed by atoms with Gasteiger partial charge in [0.15, 0.2) is 0 Å². The van der Waals surface area contributed by atoms with Crippen LogP contribution in [0, 0.1) is 0 Å². The first-order valence-electron chi connectivity index (χ1n) is 3.31. The van der Waals surface area contributed by atoms with Crippen molar-refractivity contribution < 1.29 is 15.0 Å². The Hall–Kier alpha value is -0.610. The van der Waals surface area contributed by atoms with E-state index in [4.69, 9.17) is 10.2 Å². The smallest absolute Gasteiger partial charge is 0.304 e. The maximum absolute atomic E-state index is 10.1. The van der Waals surface area contributed by atoms with Gasteiger partial charge in [-0.15, -0.1) is 0 Å². The highest BCUT2D eigenvalue weighted by molar-refractivity contribution is 5.67. The molecule has 10 heavy (non-hydrogen) atoms. The van der Waals surface area contributed by atoms with Crippen molar-refractivity contribution in [1.82, 2.24) is 5.32 Å². The molecule has 0 aromatic heterocycles. The van der Waals surface area contributed by atoms with Gasteiger partial charge in [0.05, 0.1) is 12.5 Å². The molecule has 1 aliphatic heterocycles. The number of aliphatic hydroxyl groups excluding tert-OH is 1. The molecule has 1 saturated heterocycles. The van der Waals surface area contributed by atoms with Crippen LogP contribution in [0.15, 0.2) is 0 Å². The van der Waals surface area contributed by atoms with Crippen molar-refractivity contribution in [2.45, 2.75) is 25.0 Å². The molecule has 0 radical (unpaired) electrons. The summed E-state index contributed by atoms with van der Waals surface area (Å²) in [6, 6.07) is -0.0347. The van der Waals surface area contributed by atoms with Crippen LogP contribution in [-0.2, 0) is 4.79 Å². The second-order valence-corrected chi connectivity index (χ2v) is 2.59. The quantitative estimate of drug-likeness (QED) is 0.475. The normalized spacial score (nSPS) is 32.5. The van der Waals surface area contributed by atoms with E-state index in [0.29, 0.717) is 13.0 Å². The fourth-order valence-corrected chi connectivity index (χ4v) is 1.16. The van der Waals surface area contributed by atoms with Gasteiger partial charge in [-0.1, -0.05) is 0 Å². The third kappa shape index (κ3) is 1.97. The number of nitrogens with one attached hydrogen (secondary N) is 1.